The molecule has 1 amide bonds. The van der Waals surface area contributed by atoms with Gasteiger partial charge < -0.3 is 20.1 Å². The van der Waals surface area contributed by atoms with Gasteiger partial charge in [0.25, 0.3) is 0 Å². The molecule has 0 radical (unpaired) electrons. The molecule has 10 heteroatoms. The Labute approximate surface area is 211 Å². The number of para-hydroxylation sites is 1. The molecule has 1 saturated carbocycles. The monoisotopic (exact) mass is 508 g/mol. The van der Waals surface area contributed by atoms with Crippen LogP contribution in [0.25, 0.3) is 0 Å². The lowest BCUT2D eigenvalue weighted by Gasteiger charge is -2.23. The van der Waals surface area contributed by atoms with Gasteiger partial charge in [0.15, 0.2) is 0 Å². The lowest BCUT2D eigenvalue weighted by atomic mass is 9.76. The van der Waals surface area contributed by atoms with Gasteiger partial charge in [-0.3, -0.25) is 4.79 Å². The van der Waals surface area contributed by atoms with Crippen molar-refractivity contribution in [2.24, 2.45) is 5.92 Å². The minimum Gasteiger partial charge on any atom is -0.457 e. The van der Waals surface area contributed by atoms with Gasteiger partial charge in [0, 0.05) is 0 Å². The van der Waals surface area contributed by atoms with Gasteiger partial charge in [0.2, 0.25) is 15.9 Å². The largest absolute Gasteiger partial charge is 0.475 e. The Hall–Kier alpha value is -3.18. The fourth-order valence-electron chi connectivity index (χ4n) is 3.86. The average Bonchev–Trinajstić information content (AvgIpc) is 3.69. The predicted octanol–water partition coefficient (Wildman–Crippen LogP) is 2.67. The zero-order chi connectivity index (χ0) is 25.5. The first kappa shape index (κ1) is 25.9. The molecule has 188 valence electrons. The molecule has 0 aliphatic heterocycles. The maximum atomic E-state index is 13.2. The van der Waals surface area contributed by atoms with Gasteiger partial charge >= 0.3 is 7.12 Å². The van der Waals surface area contributed by atoms with Gasteiger partial charge in [-0.1, -0.05) is 61.4 Å². The standard InChI is InChI=1S/C26H29BN2O6S/c30-26(28-25(27(31)32)18-20-11-12-20)24(17-19-7-3-1-4-8-19)29-36(33,34)23-15-13-22(14-16-23)35-21-9-5-2-6-10-21/h1-10,13-16,20,24-25,29,31-32H,11-12,17-18H2,(H,28,30)/t24-,25-/m0/s1. The normalized spacial score (nSPS) is 15.1. The molecule has 8 nitrogen and oxygen atoms in total. The van der Waals surface area contributed by atoms with E-state index in [1.807, 2.05) is 24.3 Å². The van der Waals surface area contributed by atoms with Crippen LogP contribution in [0.2, 0.25) is 0 Å². The first-order valence-corrected chi connectivity index (χ1v) is 13.3. The number of nitrogens with one attached hydrogen (secondary N) is 2. The third kappa shape index (κ3) is 7.41. The van der Waals surface area contributed by atoms with Crippen LogP contribution in [0.5, 0.6) is 11.5 Å². The van der Waals surface area contributed by atoms with Crippen LogP contribution in [0.4, 0.5) is 0 Å². The number of carbonyl (C=O) groups is 1. The molecule has 0 spiro atoms. The number of sulfonamides is 1. The molecule has 36 heavy (non-hydrogen) atoms. The van der Waals surface area contributed by atoms with Gasteiger partial charge in [-0.25, -0.2) is 8.42 Å². The Morgan fingerprint density at radius 3 is 2.08 bits per heavy atom. The van der Waals surface area contributed by atoms with E-state index in [-0.39, 0.29) is 11.3 Å². The quantitative estimate of drug-likeness (QED) is 0.279. The van der Waals surface area contributed by atoms with Crippen molar-refractivity contribution in [2.75, 3.05) is 0 Å². The number of amides is 1. The molecule has 2 atom stereocenters. The van der Waals surface area contributed by atoms with E-state index in [0.29, 0.717) is 23.8 Å². The highest BCUT2D eigenvalue weighted by atomic mass is 32.2. The second-order valence-corrected chi connectivity index (χ2v) is 10.7. The van der Waals surface area contributed by atoms with Crippen molar-refractivity contribution in [3.05, 3.63) is 90.5 Å². The van der Waals surface area contributed by atoms with Gasteiger partial charge in [-0.05, 0) is 60.7 Å². The van der Waals surface area contributed by atoms with Crippen molar-refractivity contribution in [3.8, 4) is 11.5 Å². The second kappa shape index (κ2) is 11.7. The van der Waals surface area contributed by atoms with Crippen LogP contribution >= 0.6 is 0 Å². The summed E-state index contributed by atoms with van der Waals surface area (Å²) >= 11 is 0. The maximum Gasteiger partial charge on any atom is 0.475 e. The Morgan fingerprint density at radius 2 is 1.50 bits per heavy atom. The Morgan fingerprint density at radius 1 is 0.917 bits per heavy atom. The number of ether oxygens (including phenoxy) is 1. The molecule has 1 fully saturated rings. The number of benzene rings is 3. The van der Waals surface area contributed by atoms with Crippen LogP contribution in [-0.2, 0) is 21.2 Å². The van der Waals surface area contributed by atoms with Gasteiger partial charge in [0.05, 0.1) is 10.8 Å². The Balaban J connectivity index is 1.50. The molecule has 4 rings (SSSR count). The van der Waals surface area contributed by atoms with Crippen LogP contribution < -0.4 is 14.8 Å². The summed E-state index contributed by atoms with van der Waals surface area (Å²) in [7, 11) is -5.81. The summed E-state index contributed by atoms with van der Waals surface area (Å²) in [6.45, 7) is 0. The lowest BCUT2D eigenvalue weighted by Crippen LogP contribution is -2.54. The molecular weight excluding hydrogens is 479 g/mol. The average molecular weight is 508 g/mol. The molecular formula is C26H29BN2O6S. The van der Waals surface area contributed by atoms with Crippen molar-refractivity contribution in [2.45, 2.75) is 42.6 Å². The number of carbonyl (C=O) groups excluding carboxylic acids is 1. The number of rotatable bonds is 12. The van der Waals surface area contributed by atoms with Crippen molar-refractivity contribution in [3.63, 3.8) is 0 Å². The minimum absolute atomic E-state index is 0.0227. The molecule has 0 bridgehead atoms. The van der Waals surface area contributed by atoms with E-state index in [1.165, 1.54) is 12.1 Å². The summed E-state index contributed by atoms with van der Waals surface area (Å²) in [5, 5.41) is 22.1. The van der Waals surface area contributed by atoms with Crippen LogP contribution in [0.1, 0.15) is 24.8 Å². The van der Waals surface area contributed by atoms with Gasteiger partial charge in [0.1, 0.15) is 17.5 Å². The first-order valence-electron chi connectivity index (χ1n) is 11.9. The molecule has 0 aromatic heterocycles. The third-order valence-corrected chi connectivity index (χ3v) is 7.47. The van der Waals surface area contributed by atoms with E-state index in [9.17, 15) is 23.3 Å². The Kier molecular flexibility index (Phi) is 8.42. The fourth-order valence-corrected chi connectivity index (χ4v) is 5.05. The minimum atomic E-state index is -4.07. The van der Waals surface area contributed by atoms with Crippen LogP contribution in [0, 0.1) is 5.92 Å². The zero-order valence-electron chi connectivity index (χ0n) is 19.7. The molecule has 3 aromatic carbocycles. The molecule has 4 N–H and O–H groups in total. The lowest BCUT2D eigenvalue weighted by molar-refractivity contribution is -0.123. The Bertz CT molecular complexity index is 1240. The maximum absolute atomic E-state index is 13.2. The summed E-state index contributed by atoms with van der Waals surface area (Å²) in [5.41, 5.74) is 0.759. The highest BCUT2D eigenvalue weighted by molar-refractivity contribution is 7.89. The van der Waals surface area contributed by atoms with E-state index in [4.69, 9.17) is 4.74 Å². The van der Waals surface area contributed by atoms with Crippen molar-refractivity contribution in [1.82, 2.24) is 10.0 Å². The van der Waals surface area contributed by atoms with Gasteiger partial charge in [-0.2, -0.15) is 4.72 Å². The zero-order valence-corrected chi connectivity index (χ0v) is 20.5. The van der Waals surface area contributed by atoms with Crippen molar-refractivity contribution >= 4 is 23.0 Å². The van der Waals surface area contributed by atoms with Gasteiger partial charge in [-0.15, -0.1) is 0 Å². The van der Waals surface area contributed by atoms with Crippen LogP contribution in [0.3, 0.4) is 0 Å². The van der Waals surface area contributed by atoms with Crippen molar-refractivity contribution in [1.29, 1.82) is 0 Å². The van der Waals surface area contributed by atoms with E-state index in [1.54, 1.807) is 48.5 Å². The number of hydrogen-bond acceptors (Lipinski definition) is 6. The van der Waals surface area contributed by atoms with Crippen LogP contribution in [0.15, 0.2) is 89.8 Å². The fraction of sp³-hybridized carbons (Fsp3) is 0.269. The van der Waals surface area contributed by atoms with Crippen molar-refractivity contribution < 1.29 is 28.0 Å². The predicted molar refractivity (Wildman–Crippen MR) is 137 cm³/mol. The molecule has 0 saturated heterocycles. The second-order valence-electron chi connectivity index (χ2n) is 8.96. The summed E-state index contributed by atoms with van der Waals surface area (Å²) in [6, 6.07) is 22.9. The SMILES string of the molecule is O=C(N[C@@H](CC1CC1)B(O)O)[C@H](Cc1ccccc1)NS(=O)(=O)c1ccc(Oc2ccccc2)cc1. The smallest absolute Gasteiger partial charge is 0.457 e. The third-order valence-electron chi connectivity index (χ3n) is 5.98. The van der Waals surface area contributed by atoms with Crippen LogP contribution in [-0.4, -0.2) is 43.5 Å². The van der Waals surface area contributed by atoms with E-state index < -0.39 is 35.0 Å². The topological polar surface area (TPSA) is 125 Å². The summed E-state index contributed by atoms with van der Waals surface area (Å²) in [6.07, 6.45) is 2.47. The summed E-state index contributed by atoms with van der Waals surface area (Å²) in [4.78, 5) is 13.1. The summed E-state index contributed by atoms with van der Waals surface area (Å²) in [5.74, 6) is -0.0679. The van der Waals surface area contributed by atoms with E-state index in [0.717, 1.165) is 18.4 Å². The first-order chi connectivity index (χ1) is 17.3. The highest BCUT2D eigenvalue weighted by Crippen LogP contribution is 2.33. The van der Waals surface area contributed by atoms with E-state index >= 15 is 0 Å². The van der Waals surface area contributed by atoms with E-state index in [2.05, 4.69) is 10.0 Å². The number of hydrogen-bond donors (Lipinski definition) is 4. The summed E-state index contributed by atoms with van der Waals surface area (Å²) < 4.78 is 34.6. The highest BCUT2D eigenvalue weighted by Gasteiger charge is 2.35. The molecule has 1 aliphatic rings. The molecule has 1 aliphatic carbocycles. The molecule has 0 heterocycles. The molecule has 3 aromatic rings. The molecule has 0 unspecified atom stereocenters.